The van der Waals surface area contributed by atoms with Crippen LogP contribution < -0.4 is 5.32 Å². The molecule has 0 saturated carbocycles. The van der Waals surface area contributed by atoms with Crippen LogP contribution in [0.5, 0.6) is 0 Å². The Kier molecular flexibility index (Phi) is 6.14. The van der Waals surface area contributed by atoms with Gasteiger partial charge in [0.2, 0.25) is 0 Å². The molecule has 0 spiro atoms. The van der Waals surface area contributed by atoms with E-state index in [9.17, 15) is 4.39 Å². The molecule has 1 aromatic rings. The largest absolute Gasteiger partial charge is 0.381 e. The van der Waals surface area contributed by atoms with E-state index in [0.717, 1.165) is 56.0 Å². The van der Waals surface area contributed by atoms with Crippen molar-refractivity contribution in [2.24, 2.45) is 0 Å². The van der Waals surface area contributed by atoms with Crippen LogP contribution in [0.3, 0.4) is 0 Å². The Morgan fingerprint density at radius 3 is 2.84 bits per heavy atom. The summed E-state index contributed by atoms with van der Waals surface area (Å²) in [6.07, 6.45) is 3.13. The van der Waals surface area contributed by atoms with Crippen LogP contribution in [0.25, 0.3) is 0 Å². The molecule has 106 valence electrons. The maximum absolute atomic E-state index is 14.0. The van der Waals surface area contributed by atoms with E-state index in [0.29, 0.717) is 5.25 Å². The second kappa shape index (κ2) is 7.88. The molecule has 0 radical (unpaired) electrons. The number of thioether (sulfide) groups is 1. The third-order valence-electron chi connectivity index (χ3n) is 3.21. The van der Waals surface area contributed by atoms with Crippen molar-refractivity contribution >= 4 is 11.8 Å². The van der Waals surface area contributed by atoms with Gasteiger partial charge in [0.05, 0.1) is 0 Å². The minimum Gasteiger partial charge on any atom is -0.381 e. The molecule has 1 heterocycles. The summed E-state index contributed by atoms with van der Waals surface area (Å²) in [5.41, 5.74) is 1.02. The van der Waals surface area contributed by atoms with Gasteiger partial charge in [0, 0.05) is 29.9 Å². The molecule has 1 aliphatic heterocycles. The first-order valence-electron chi connectivity index (χ1n) is 7.03. The summed E-state index contributed by atoms with van der Waals surface area (Å²) in [6, 6.07) is 5.59. The summed E-state index contributed by atoms with van der Waals surface area (Å²) in [5, 5.41) is 3.78. The van der Waals surface area contributed by atoms with Crippen molar-refractivity contribution < 1.29 is 9.13 Å². The van der Waals surface area contributed by atoms with Gasteiger partial charge in [0.1, 0.15) is 5.82 Å². The Hall–Kier alpha value is -0.580. The predicted octanol–water partition coefficient (Wildman–Crippen LogP) is 3.60. The Bertz CT molecular complexity index is 394. The van der Waals surface area contributed by atoms with Gasteiger partial charge in [-0.15, -0.1) is 11.8 Å². The average Bonchev–Trinajstić information content (AvgIpc) is 2.43. The van der Waals surface area contributed by atoms with Crippen molar-refractivity contribution in [2.75, 3.05) is 19.8 Å². The van der Waals surface area contributed by atoms with Crippen molar-refractivity contribution in [2.45, 2.75) is 42.9 Å². The molecule has 1 aliphatic rings. The van der Waals surface area contributed by atoms with E-state index in [4.69, 9.17) is 4.74 Å². The molecule has 4 heteroatoms. The topological polar surface area (TPSA) is 21.3 Å². The molecule has 1 N–H and O–H groups in total. The highest BCUT2D eigenvalue weighted by Gasteiger charge is 2.16. The minimum atomic E-state index is -0.0905. The maximum atomic E-state index is 14.0. The lowest BCUT2D eigenvalue weighted by atomic mass is 10.2. The molecular weight excluding hydrogens is 261 g/mol. The van der Waals surface area contributed by atoms with E-state index in [1.54, 1.807) is 17.8 Å². The number of rotatable bonds is 6. The zero-order chi connectivity index (χ0) is 13.5. The molecule has 2 nitrogen and oxygen atoms in total. The first kappa shape index (κ1) is 14.8. The average molecular weight is 283 g/mol. The van der Waals surface area contributed by atoms with E-state index in [1.165, 1.54) is 0 Å². The van der Waals surface area contributed by atoms with E-state index in [-0.39, 0.29) is 5.82 Å². The third-order valence-corrected chi connectivity index (χ3v) is 4.60. The standard InChI is InChI=1S/C15H22FNOS/c1-2-7-17-11-12-3-4-15(14(16)10-12)19-13-5-8-18-9-6-13/h3-4,10,13,17H,2,5-9,11H2,1H3. The van der Waals surface area contributed by atoms with Gasteiger partial charge in [-0.2, -0.15) is 0 Å². The Labute approximate surface area is 119 Å². The molecule has 19 heavy (non-hydrogen) atoms. The van der Waals surface area contributed by atoms with Crippen molar-refractivity contribution in [3.63, 3.8) is 0 Å². The number of halogens is 1. The molecule has 0 unspecified atom stereocenters. The lowest BCUT2D eigenvalue weighted by Crippen LogP contribution is -2.17. The van der Waals surface area contributed by atoms with Crippen molar-refractivity contribution in [1.82, 2.24) is 5.32 Å². The summed E-state index contributed by atoms with van der Waals surface area (Å²) in [6.45, 7) is 5.45. The van der Waals surface area contributed by atoms with Crippen molar-refractivity contribution in [3.05, 3.63) is 29.6 Å². The molecule has 1 fully saturated rings. The van der Waals surface area contributed by atoms with E-state index < -0.39 is 0 Å². The highest BCUT2D eigenvalue weighted by Crippen LogP contribution is 2.31. The number of ether oxygens (including phenoxy) is 1. The SMILES string of the molecule is CCCNCc1ccc(SC2CCOCC2)c(F)c1. The zero-order valence-corrected chi connectivity index (χ0v) is 12.3. The van der Waals surface area contributed by atoms with Crippen LogP contribution in [0.1, 0.15) is 31.7 Å². The molecule has 2 rings (SSSR count). The summed E-state index contributed by atoms with van der Waals surface area (Å²) < 4.78 is 19.4. The lowest BCUT2D eigenvalue weighted by molar-refractivity contribution is 0.1000. The van der Waals surface area contributed by atoms with Crippen LogP contribution >= 0.6 is 11.8 Å². The van der Waals surface area contributed by atoms with Gasteiger partial charge < -0.3 is 10.1 Å². The Morgan fingerprint density at radius 2 is 2.16 bits per heavy atom. The minimum absolute atomic E-state index is 0.0905. The van der Waals surface area contributed by atoms with E-state index in [2.05, 4.69) is 12.2 Å². The zero-order valence-electron chi connectivity index (χ0n) is 11.5. The second-order valence-electron chi connectivity index (χ2n) is 4.87. The number of nitrogens with one attached hydrogen (secondary N) is 1. The number of hydrogen-bond acceptors (Lipinski definition) is 3. The smallest absolute Gasteiger partial charge is 0.137 e. The second-order valence-corrected chi connectivity index (χ2v) is 6.21. The molecule has 0 amide bonds. The normalized spacial score (nSPS) is 16.7. The van der Waals surface area contributed by atoms with Gasteiger partial charge in [-0.25, -0.2) is 4.39 Å². The quantitative estimate of drug-likeness (QED) is 0.806. The van der Waals surface area contributed by atoms with Crippen molar-refractivity contribution in [1.29, 1.82) is 0 Å². The molecule has 1 aromatic carbocycles. The first-order valence-corrected chi connectivity index (χ1v) is 7.91. The lowest BCUT2D eigenvalue weighted by Gasteiger charge is -2.21. The van der Waals surface area contributed by atoms with Gasteiger partial charge in [-0.3, -0.25) is 0 Å². The third kappa shape index (κ3) is 4.79. The van der Waals surface area contributed by atoms with Crippen molar-refractivity contribution in [3.8, 4) is 0 Å². The van der Waals surface area contributed by atoms with Gasteiger partial charge in [-0.1, -0.05) is 13.0 Å². The first-order chi connectivity index (χ1) is 9.29. The number of benzene rings is 1. The predicted molar refractivity (Wildman–Crippen MR) is 78.1 cm³/mol. The van der Waals surface area contributed by atoms with Gasteiger partial charge in [0.15, 0.2) is 0 Å². The molecule has 1 saturated heterocycles. The molecule has 0 bridgehead atoms. The fourth-order valence-electron chi connectivity index (χ4n) is 2.13. The van der Waals surface area contributed by atoms with Crippen LogP contribution in [0.15, 0.2) is 23.1 Å². The molecule has 0 aromatic heterocycles. The summed E-state index contributed by atoms with van der Waals surface area (Å²) in [5.74, 6) is -0.0905. The van der Waals surface area contributed by atoms with E-state index >= 15 is 0 Å². The molecular formula is C15H22FNOS. The Morgan fingerprint density at radius 1 is 1.37 bits per heavy atom. The highest BCUT2D eigenvalue weighted by molar-refractivity contribution is 8.00. The van der Waals surface area contributed by atoms with Gasteiger partial charge in [-0.05, 0) is 43.5 Å². The Balaban J connectivity index is 1.90. The van der Waals surface area contributed by atoms with E-state index in [1.807, 2.05) is 12.1 Å². The summed E-state index contributed by atoms with van der Waals surface area (Å²) in [7, 11) is 0. The van der Waals surface area contributed by atoms with Crippen LogP contribution in [0.2, 0.25) is 0 Å². The van der Waals surface area contributed by atoms with Crippen LogP contribution in [-0.4, -0.2) is 25.0 Å². The molecule has 0 aliphatic carbocycles. The fraction of sp³-hybridized carbons (Fsp3) is 0.600. The molecule has 0 atom stereocenters. The summed E-state index contributed by atoms with van der Waals surface area (Å²) in [4.78, 5) is 0.770. The van der Waals surface area contributed by atoms with Gasteiger partial charge >= 0.3 is 0 Å². The van der Waals surface area contributed by atoms with Crippen LogP contribution in [-0.2, 0) is 11.3 Å². The van der Waals surface area contributed by atoms with Crippen LogP contribution in [0, 0.1) is 5.82 Å². The monoisotopic (exact) mass is 283 g/mol. The summed E-state index contributed by atoms with van der Waals surface area (Å²) >= 11 is 1.65. The maximum Gasteiger partial charge on any atom is 0.137 e. The van der Waals surface area contributed by atoms with Gasteiger partial charge in [0.25, 0.3) is 0 Å². The number of hydrogen-bond donors (Lipinski definition) is 1. The van der Waals surface area contributed by atoms with Crippen LogP contribution in [0.4, 0.5) is 4.39 Å². The fourth-order valence-corrected chi connectivity index (χ4v) is 3.24. The highest BCUT2D eigenvalue weighted by atomic mass is 32.2.